The number of thiophene rings is 1. The fraction of sp³-hybridized carbons (Fsp3) is 0.154. The number of methoxy groups -OCH3 is 1. The Morgan fingerprint density at radius 1 is 1.35 bits per heavy atom. The Balaban J connectivity index is 2.43. The summed E-state index contributed by atoms with van der Waals surface area (Å²) < 4.78 is 57.9. The van der Waals surface area contributed by atoms with Gasteiger partial charge in [0.1, 0.15) is 15.5 Å². The molecular weight excluding hydrogens is 372 g/mol. The zero-order valence-electron chi connectivity index (χ0n) is 11.8. The third-order valence-corrected chi connectivity index (χ3v) is 5.59. The number of nitrogens with one attached hydrogen (secondary N) is 1. The number of benzene rings is 1. The number of ether oxygens (including phenoxy) is 1. The summed E-state index contributed by atoms with van der Waals surface area (Å²) in [5.74, 6) is -3.91. The van der Waals surface area contributed by atoms with Crippen molar-refractivity contribution in [1.82, 2.24) is 4.72 Å². The normalized spacial score (nSPS) is 11.3. The molecule has 10 heteroatoms. The number of amides is 1. The smallest absolute Gasteiger partial charge is 0.278 e. The van der Waals surface area contributed by atoms with Crippen LogP contribution in [0.3, 0.4) is 0 Å². The molecule has 0 spiro atoms. The van der Waals surface area contributed by atoms with Crippen LogP contribution in [0.1, 0.15) is 14.5 Å². The lowest BCUT2D eigenvalue weighted by Gasteiger charge is -2.09. The first-order valence-electron chi connectivity index (χ1n) is 6.02. The second kappa shape index (κ2) is 6.42. The zero-order valence-corrected chi connectivity index (χ0v) is 14.2. The van der Waals surface area contributed by atoms with Crippen molar-refractivity contribution < 1.29 is 26.7 Å². The van der Waals surface area contributed by atoms with E-state index in [1.165, 1.54) is 7.11 Å². The molecule has 2 aromatic rings. The fourth-order valence-corrected chi connectivity index (χ4v) is 4.27. The highest BCUT2D eigenvalue weighted by molar-refractivity contribution is 7.90. The molecule has 2 rings (SSSR count). The van der Waals surface area contributed by atoms with Gasteiger partial charge >= 0.3 is 0 Å². The number of carbonyl (C=O) groups excluding carboxylic acids is 1. The van der Waals surface area contributed by atoms with Crippen LogP contribution < -0.4 is 9.46 Å². The molecule has 1 aromatic heterocycles. The molecule has 0 aliphatic carbocycles. The van der Waals surface area contributed by atoms with Crippen LogP contribution in [0.2, 0.25) is 5.02 Å². The largest absolute Gasteiger partial charge is 0.495 e. The maximum absolute atomic E-state index is 13.7. The van der Waals surface area contributed by atoms with Crippen molar-refractivity contribution in [1.29, 1.82) is 0 Å². The minimum atomic E-state index is -4.70. The van der Waals surface area contributed by atoms with Gasteiger partial charge in [-0.05, 0) is 25.1 Å². The lowest BCUT2D eigenvalue weighted by molar-refractivity contribution is 0.0982. The van der Waals surface area contributed by atoms with Crippen LogP contribution in [-0.2, 0) is 10.0 Å². The molecule has 0 saturated carbocycles. The summed E-state index contributed by atoms with van der Waals surface area (Å²) in [7, 11) is -3.39. The molecular formula is C13H10ClF2NO4S2. The van der Waals surface area contributed by atoms with E-state index in [9.17, 15) is 22.0 Å². The van der Waals surface area contributed by atoms with Gasteiger partial charge in [0.05, 0.1) is 12.1 Å². The second-order valence-electron chi connectivity index (χ2n) is 4.36. The minimum Gasteiger partial charge on any atom is -0.495 e. The van der Waals surface area contributed by atoms with Crippen molar-refractivity contribution in [3.63, 3.8) is 0 Å². The Bertz CT molecular complexity index is 880. The van der Waals surface area contributed by atoms with E-state index in [1.54, 1.807) is 17.7 Å². The predicted molar refractivity (Wildman–Crippen MR) is 81.6 cm³/mol. The lowest BCUT2D eigenvalue weighted by Crippen LogP contribution is -2.31. The molecule has 1 N–H and O–H groups in total. The number of sulfonamides is 1. The SMILES string of the molecule is COc1cc(C)sc1C(=O)NS(=O)(=O)c1c(Cl)ccc(F)c1F. The maximum Gasteiger partial charge on any atom is 0.278 e. The van der Waals surface area contributed by atoms with Gasteiger partial charge in [0.25, 0.3) is 15.9 Å². The number of rotatable bonds is 4. The number of halogens is 3. The molecule has 0 saturated heterocycles. The second-order valence-corrected chi connectivity index (χ2v) is 7.64. The van der Waals surface area contributed by atoms with Gasteiger partial charge in [-0.15, -0.1) is 11.3 Å². The standard InChI is InChI=1S/C13H10ClF2NO4S2/c1-6-5-9(21-2)11(22-6)13(18)17-23(19,20)12-7(14)3-4-8(15)10(12)16/h3-5H,1-2H3,(H,17,18). The van der Waals surface area contributed by atoms with Gasteiger partial charge in [0, 0.05) is 4.88 Å². The van der Waals surface area contributed by atoms with E-state index in [-0.39, 0.29) is 10.6 Å². The molecule has 0 bridgehead atoms. The van der Waals surface area contributed by atoms with Crippen molar-refractivity contribution in [2.75, 3.05) is 7.11 Å². The molecule has 0 aliphatic rings. The van der Waals surface area contributed by atoms with Crippen LogP contribution >= 0.6 is 22.9 Å². The maximum atomic E-state index is 13.7. The van der Waals surface area contributed by atoms with Gasteiger partial charge in [-0.1, -0.05) is 11.6 Å². The minimum absolute atomic E-state index is 0.0125. The Kier molecular flexibility index (Phi) is 4.92. The van der Waals surface area contributed by atoms with E-state index in [4.69, 9.17) is 16.3 Å². The molecule has 23 heavy (non-hydrogen) atoms. The lowest BCUT2D eigenvalue weighted by atomic mass is 10.3. The number of carbonyl (C=O) groups is 1. The molecule has 1 aromatic carbocycles. The average Bonchev–Trinajstić information content (AvgIpc) is 2.84. The van der Waals surface area contributed by atoms with Crippen LogP contribution in [0, 0.1) is 18.6 Å². The highest BCUT2D eigenvalue weighted by atomic mass is 35.5. The first kappa shape index (κ1) is 17.6. The molecule has 0 aliphatic heterocycles. The Morgan fingerprint density at radius 3 is 2.61 bits per heavy atom. The quantitative estimate of drug-likeness (QED) is 0.826. The topological polar surface area (TPSA) is 72.5 Å². The Morgan fingerprint density at radius 2 is 2.00 bits per heavy atom. The molecule has 0 fully saturated rings. The Hall–Kier alpha value is -1.71. The highest BCUT2D eigenvalue weighted by Crippen LogP contribution is 2.30. The molecule has 124 valence electrons. The van der Waals surface area contributed by atoms with Crippen molar-refractivity contribution in [3.8, 4) is 5.75 Å². The monoisotopic (exact) mass is 381 g/mol. The number of aryl methyl sites for hydroxylation is 1. The van der Waals surface area contributed by atoms with Crippen molar-refractivity contribution in [2.24, 2.45) is 0 Å². The first-order valence-corrected chi connectivity index (χ1v) is 8.70. The predicted octanol–water partition coefficient (Wildman–Crippen LogP) is 3.12. The van der Waals surface area contributed by atoms with Crippen LogP contribution in [-0.4, -0.2) is 21.4 Å². The summed E-state index contributed by atoms with van der Waals surface area (Å²) in [6, 6.07) is 3.11. The number of hydrogen-bond acceptors (Lipinski definition) is 5. The Labute approximate surface area is 139 Å². The van der Waals surface area contributed by atoms with Crippen molar-refractivity contribution >= 4 is 38.9 Å². The summed E-state index contributed by atoms with van der Waals surface area (Å²) >= 11 is 6.61. The van der Waals surface area contributed by atoms with Crippen LogP contribution in [0.5, 0.6) is 5.75 Å². The molecule has 1 heterocycles. The van der Waals surface area contributed by atoms with Crippen molar-refractivity contribution in [2.45, 2.75) is 11.8 Å². The molecule has 0 unspecified atom stereocenters. The van der Waals surface area contributed by atoms with Crippen molar-refractivity contribution in [3.05, 3.63) is 44.6 Å². The number of hydrogen-bond donors (Lipinski definition) is 1. The van der Waals surface area contributed by atoms with E-state index in [2.05, 4.69) is 0 Å². The van der Waals surface area contributed by atoms with Gasteiger partial charge in [-0.2, -0.15) is 0 Å². The average molecular weight is 382 g/mol. The van der Waals surface area contributed by atoms with Gasteiger partial charge in [-0.25, -0.2) is 21.9 Å². The third-order valence-electron chi connectivity index (χ3n) is 2.75. The van der Waals surface area contributed by atoms with E-state index < -0.39 is 37.5 Å². The van der Waals surface area contributed by atoms with E-state index in [0.29, 0.717) is 10.9 Å². The van der Waals surface area contributed by atoms with Crippen LogP contribution in [0.25, 0.3) is 0 Å². The van der Waals surface area contributed by atoms with Crippen LogP contribution in [0.15, 0.2) is 23.1 Å². The molecule has 1 amide bonds. The summed E-state index contributed by atoms with van der Waals surface area (Å²) in [6.07, 6.45) is 0. The van der Waals surface area contributed by atoms with Crippen LogP contribution in [0.4, 0.5) is 8.78 Å². The summed E-state index contributed by atoms with van der Waals surface area (Å²) in [5.41, 5.74) is 0. The molecule has 5 nitrogen and oxygen atoms in total. The summed E-state index contributed by atoms with van der Waals surface area (Å²) in [4.78, 5) is 11.7. The van der Waals surface area contributed by atoms with Gasteiger partial charge in [-0.3, -0.25) is 4.79 Å². The van der Waals surface area contributed by atoms with E-state index >= 15 is 0 Å². The van der Waals surface area contributed by atoms with Gasteiger partial charge < -0.3 is 4.74 Å². The first-order chi connectivity index (χ1) is 10.7. The third kappa shape index (κ3) is 3.46. The highest BCUT2D eigenvalue weighted by Gasteiger charge is 2.29. The van der Waals surface area contributed by atoms with Gasteiger partial charge in [0.15, 0.2) is 11.6 Å². The van der Waals surface area contributed by atoms with E-state index in [1.807, 2.05) is 0 Å². The zero-order chi connectivity index (χ0) is 17.4. The van der Waals surface area contributed by atoms with Gasteiger partial charge in [0.2, 0.25) is 0 Å². The summed E-state index contributed by atoms with van der Waals surface area (Å²) in [6.45, 7) is 1.70. The fourth-order valence-electron chi connectivity index (χ4n) is 1.77. The summed E-state index contributed by atoms with van der Waals surface area (Å²) in [5, 5.41) is -0.543. The molecule has 0 radical (unpaired) electrons. The van der Waals surface area contributed by atoms with E-state index in [0.717, 1.165) is 17.4 Å². The molecule has 0 atom stereocenters.